The van der Waals surface area contributed by atoms with Gasteiger partial charge < -0.3 is 5.32 Å². The SMILES string of the molecule is CCC=CCC(CCCCCC)NC. The van der Waals surface area contributed by atoms with E-state index in [-0.39, 0.29) is 0 Å². The van der Waals surface area contributed by atoms with Crippen LogP contribution < -0.4 is 5.32 Å². The van der Waals surface area contributed by atoms with Crippen LogP contribution in [0.1, 0.15) is 58.8 Å². The van der Waals surface area contributed by atoms with Gasteiger partial charge in [-0.2, -0.15) is 0 Å². The Balaban J connectivity index is 3.42. The molecule has 0 radical (unpaired) electrons. The highest BCUT2D eigenvalue weighted by Crippen LogP contribution is 2.08. The van der Waals surface area contributed by atoms with E-state index in [2.05, 4.69) is 38.4 Å². The van der Waals surface area contributed by atoms with Crippen LogP contribution in [0.4, 0.5) is 0 Å². The molecule has 0 aromatic rings. The van der Waals surface area contributed by atoms with Crippen LogP contribution in [0.25, 0.3) is 0 Å². The summed E-state index contributed by atoms with van der Waals surface area (Å²) in [4.78, 5) is 0. The van der Waals surface area contributed by atoms with Crippen molar-refractivity contribution in [3.05, 3.63) is 12.2 Å². The lowest BCUT2D eigenvalue weighted by Crippen LogP contribution is -2.24. The fourth-order valence-corrected chi connectivity index (χ4v) is 1.62. The van der Waals surface area contributed by atoms with Crippen molar-refractivity contribution in [3.8, 4) is 0 Å². The first-order valence-corrected chi connectivity index (χ1v) is 6.17. The molecule has 0 aliphatic rings. The number of unbranched alkanes of at least 4 members (excludes halogenated alkanes) is 3. The molecule has 0 heterocycles. The second-order valence-electron chi connectivity index (χ2n) is 3.95. The molecule has 1 atom stereocenters. The molecule has 0 fully saturated rings. The van der Waals surface area contributed by atoms with Crippen molar-refractivity contribution in [3.63, 3.8) is 0 Å². The zero-order valence-corrected chi connectivity index (χ0v) is 10.2. The monoisotopic (exact) mass is 197 g/mol. The third-order valence-corrected chi connectivity index (χ3v) is 2.64. The zero-order chi connectivity index (χ0) is 10.6. The fraction of sp³-hybridized carbons (Fsp3) is 0.846. The van der Waals surface area contributed by atoms with Crippen LogP contribution >= 0.6 is 0 Å². The second-order valence-corrected chi connectivity index (χ2v) is 3.95. The predicted octanol–water partition coefficient (Wildman–Crippen LogP) is 3.90. The predicted molar refractivity (Wildman–Crippen MR) is 65.7 cm³/mol. The van der Waals surface area contributed by atoms with E-state index in [0.717, 1.165) is 6.42 Å². The molecule has 0 aromatic carbocycles. The topological polar surface area (TPSA) is 12.0 Å². The second kappa shape index (κ2) is 10.8. The van der Waals surface area contributed by atoms with Crippen molar-refractivity contribution in [1.82, 2.24) is 5.32 Å². The quantitative estimate of drug-likeness (QED) is 0.436. The fourth-order valence-electron chi connectivity index (χ4n) is 1.62. The third-order valence-electron chi connectivity index (χ3n) is 2.64. The minimum Gasteiger partial charge on any atom is -0.317 e. The van der Waals surface area contributed by atoms with Gasteiger partial charge in [0.15, 0.2) is 0 Å². The van der Waals surface area contributed by atoms with Gasteiger partial charge in [-0.15, -0.1) is 0 Å². The first-order valence-electron chi connectivity index (χ1n) is 6.17. The van der Waals surface area contributed by atoms with Crippen LogP contribution in [-0.2, 0) is 0 Å². The van der Waals surface area contributed by atoms with E-state index in [4.69, 9.17) is 0 Å². The van der Waals surface area contributed by atoms with Gasteiger partial charge in [-0.1, -0.05) is 51.7 Å². The Morgan fingerprint density at radius 1 is 1.07 bits per heavy atom. The largest absolute Gasteiger partial charge is 0.317 e. The van der Waals surface area contributed by atoms with E-state index in [1.54, 1.807) is 0 Å². The lowest BCUT2D eigenvalue weighted by atomic mass is 10.0. The number of nitrogens with one attached hydrogen (secondary N) is 1. The summed E-state index contributed by atoms with van der Waals surface area (Å²) in [5.74, 6) is 0. The highest BCUT2D eigenvalue weighted by atomic mass is 14.9. The number of allylic oxidation sites excluding steroid dienone is 1. The molecule has 0 amide bonds. The maximum absolute atomic E-state index is 3.39. The molecule has 0 aromatic heterocycles. The van der Waals surface area contributed by atoms with Gasteiger partial charge in [0, 0.05) is 6.04 Å². The molecule has 0 spiro atoms. The van der Waals surface area contributed by atoms with Gasteiger partial charge in [0.1, 0.15) is 0 Å². The van der Waals surface area contributed by atoms with Crippen LogP contribution in [0, 0.1) is 0 Å². The van der Waals surface area contributed by atoms with Gasteiger partial charge in [-0.05, 0) is 26.3 Å². The molecule has 0 bridgehead atoms. The molecule has 1 unspecified atom stereocenters. The maximum Gasteiger partial charge on any atom is 0.00985 e. The smallest absolute Gasteiger partial charge is 0.00985 e. The third kappa shape index (κ3) is 8.31. The molecule has 14 heavy (non-hydrogen) atoms. The molecule has 0 saturated carbocycles. The van der Waals surface area contributed by atoms with Gasteiger partial charge in [0.25, 0.3) is 0 Å². The Kier molecular flexibility index (Phi) is 10.5. The minimum atomic E-state index is 0.689. The number of rotatable bonds is 9. The van der Waals surface area contributed by atoms with Crippen LogP contribution in [0.2, 0.25) is 0 Å². The van der Waals surface area contributed by atoms with E-state index in [9.17, 15) is 0 Å². The Morgan fingerprint density at radius 3 is 2.43 bits per heavy atom. The molecule has 0 saturated heterocycles. The Morgan fingerprint density at radius 2 is 1.86 bits per heavy atom. The molecule has 0 rings (SSSR count). The van der Waals surface area contributed by atoms with Crippen molar-refractivity contribution >= 4 is 0 Å². The highest BCUT2D eigenvalue weighted by molar-refractivity contribution is 4.85. The van der Waals surface area contributed by atoms with Crippen LogP contribution in [0.3, 0.4) is 0 Å². The number of hydrogen-bond donors (Lipinski definition) is 1. The van der Waals surface area contributed by atoms with Gasteiger partial charge in [0.2, 0.25) is 0 Å². The molecule has 84 valence electrons. The first kappa shape index (κ1) is 13.7. The molecule has 1 N–H and O–H groups in total. The summed E-state index contributed by atoms with van der Waals surface area (Å²) in [5, 5.41) is 3.39. The van der Waals surface area contributed by atoms with Crippen molar-refractivity contribution < 1.29 is 0 Å². The summed E-state index contributed by atoms with van der Waals surface area (Å²) in [5.41, 5.74) is 0. The van der Waals surface area contributed by atoms with E-state index in [1.807, 2.05) is 0 Å². The van der Waals surface area contributed by atoms with Crippen molar-refractivity contribution in [2.24, 2.45) is 0 Å². The van der Waals surface area contributed by atoms with Gasteiger partial charge in [0.05, 0.1) is 0 Å². The van der Waals surface area contributed by atoms with Gasteiger partial charge in [-0.25, -0.2) is 0 Å². The Labute approximate surface area is 90.0 Å². The average molecular weight is 197 g/mol. The average Bonchev–Trinajstić information content (AvgIpc) is 2.22. The van der Waals surface area contributed by atoms with Crippen molar-refractivity contribution in [2.45, 2.75) is 64.8 Å². The summed E-state index contributed by atoms with van der Waals surface area (Å²) < 4.78 is 0. The number of hydrogen-bond acceptors (Lipinski definition) is 1. The lowest BCUT2D eigenvalue weighted by molar-refractivity contribution is 0.490. The highest BCUT2D eigenvalue weighted by Gasteiger charge is 2.02. The molecular formula is C13H27N. The van der Waals surface area contributed by atoms with Gasteiger partial charge in [-0.3, -0.25) is 0 Å². The summed E-state index contributed by atoms with van der Waals surface area (Å²) in [6.45, 7) is 4.45. The molecule has 1 heteroatoms. The standard InChI is InChI=1S/C13H27N/c1-4-6-8-10-12-13(14-3)11-9-7-5-2/h7,9,13-14H,4-6,8,10-12H2,1-3H3. The Hall–Kier alpha value is -0.300. The van der Waals surface area contributed by atoms with E-state index >= 15 is 0 Å². The van der Waals surface area contributed by atoms with Crippen molar-refractivity contribution in [1.29, 1.82) is 0 Å². The molecular weight excluding hydrogens is 170 g/mol. The van der Waals surface area contributed by atoms with E-state index in [1.165, 1.54) is 38.5 Å². The van der Waals surface area contributed by atoms with E-state index < -0.39 is 0 Å². The first-order chi connectivity index (χ1) is 6.85. The molecule has 1 nitrogen and oxygen atoms in total. The summed E-state index contributed by atoms with van der Waals surface area (Å²) in [6.07, 6.45) is 13.7. The minimum absolute atomic E-state index is 0.689. The molecule has 0 aliphatic carbocycles. The Bertz CT molecular complexity index is 129. The lowest BCUT2D eigenvalue weighted by Gasteiger charge is -2.13. The van der Waals surface area contributed by atoms with Crippen LogP contribution in [0.5, 0.6) is 0 Å². The van der Waals surface area contributed by atoms with Crippen LogP contribution in [0.15, 0.2) is 12.2 Å². The van der Waals surface area contributed by atoms with Crippen LogP contribution in [-0.4, -0.2) is 13.1 Å². The maximum atomic E-state index is 3.39. The summed E-state index contributed by atoms with van der Waals surface area (Å²) >= 11 is 0. The van der Waals surface area contributed by atoms with Gasteiger partial charge >= 0.3 is 0 Å². The zero-order valence-electron chi connectivity index (χ0n) is 10.2. The summed E-state index contributed by atoms with van der Waals surface area (Å²) in [6, 6.07) is 0.689. The molecule has 0 aliphatic heterocycles. The van der Waals surface area contributed by atoms with Crippen molar-refractivity contribution in [2.75, 3.05) is 7.05 Å². The summed E-state index contributed by atoms with van der Waals surface area (Å²) in [7, 11) is 2.07. The normalized spacial score (nSPS) is 13.6. The van der Waals surface area contributed by atoms with E-state index in [0.29, 0.717) is 6.04 Å².